The Morgan fingerprint density at radius 3 is 2.52 bits per heavy atom. The molecule has 0 saturated carbocycles. The minimum atomic E-state index is -0.107. The number of rotatable bonds is 3. The normalized spacial score (nSPS) is 10.5. The molecule has 0 aliphatic heterocycles. The van der Waals surface area contributed by atoms with Crippen molar-refractivity contribution < 1.29 is 4.79 Å². The van der Waals surface area contributed by atoms with Gasteiger partial charge in [-0.05, 0) is 31.2 Å². The molecule has 3 aromatic rings. The highest BCUT2D eigenvalue weighted by Crippen LogP contribution is 2.08. The molecule has 4 heteroatoms. The third kappa shape index (κ3) is 3.05. The van der Waals surface area contributed by atoms with Crippen molar-refractivity contribution in [2.24, 2.45) is 0 Å². The van der Waals surface area contributed by atoms with E-state index in [4.69, 9.17) is 0 Å². The Morgan fingerprint density at radius 1 is 1.05 bits per heavy atom. The van der Waals surface area contributed by atoms with Crippen LogP contribution in [0.15, 0.2) is 54.7 Å². The second-order valence-corrected chi connectivity index (χ2v) is 4.90. The number of benzene rings is 2. The van der Waals surface area contributed by atoms with E-state index in [1.165, 1.54) is 0 Å². The highest BCUT2D eigenvalue weighted by Gasteiger charge is 2.06. The van der Waals surface area contributed by atoms with Gasteiger partial charge in [0.05, 0.1) is 29.5 Å². The fourth-order valence-electron chi connectivity index (χ4n) is 2.06. The van der Waals surface area contributed by atoms with E-state index in [-0.39, 0.29) is 5.91 Å². The van der Waals surface area contributed by atoms with Gasteiger partial charge in [0.1, 0.15) is 0 Å². The molecule has 1 N–H and O–H groups in total. The van der Waals surface area contributed by atoms with Gasteiger partial charge in [-0.15, -0.1) is 0 Å². The number of para-hydroxylation sites is 2. The molecular weight excluding hydrogens is 262 g/mol. The van der Waals surface area contributed by atoms with Gasteiger partial charge in [0, 0.05) is 5.56 Å². The molecule has 0 radical (unpaired) electrons. The third-order valence-corrected chi connectivity index (χ3v) is 3.24. The molecular formula is C17H15N3O. The monoisotopic (exact) mass is 277 g/mol. The van der Waals surface area contributed by atoms with Crippen molar-refractivity contribution >= 4 is 16.9 Å². The molecule has 0 atom stereocenters. The van der Waals surface area contributed by atoms with Gasteiger partial charge in [0.25, 0.3) is 5.91 Å². The molecule has 1 amide bonds. The van der Waals surface area contributed by atoms with E-state index in [9.17, 15) is 4.79 Å². The maximum absolute atomic E-state index is 12.0. The summed E-state index contributed by atoms with van der Waals surface area (Å²) in [5, 5.41) is 2.86. The topological polar surface area (TPSA) is 54.9 Å². The average molecular weight is 277 g/mol. The van der Waals surface area contributed by atoms with Crippen LogP contribution in [0.1, 0.15) is 21.6 Å². The lowest BCUT2D eigenvalue weighted by Gasteiger charge is -2.06. The van der Waals surface area contributed by atoms with Gasteiger partial charge in [0.15, 0.2) is 0 Å². The van der Waals surface area contributed by atoms with Gasteiger partial charge in [0.2, 0.25) is 0 Å². The Labute approximate surface area is 122 Å². The summed E-state index contributed by atoms with van der Waals surface area (Å²) in [4.78, 5) is 20.8. The van der Waals surface area contributed by atoms with E-state index in [1.54, 1.807) is 6.20 Å². The lowest BCUT2D eigenvalue weighted by molar-refractivity contribution is 0.0950. The number of nitrogens with one attached hydrogen (secondary N) is 1. The van der Waals surface area contributed by atoms with Crippen molar-refractivity contribution in [2.45, 2.75) is 13.5 Å². The molecule has 104 valence electrons. The Hall–Kier alpha value is -2.75. The van der Waals surface area contributed by atoms with Gasteiger partial charge < -0.3 is 5.32 Å². The molecule has 21 heavy (non-hydrogen) atoms. The Bertz CT molecular complexity index is 781. The maximum atomic E-state index is 12.0. The van der Waals surface area contributed by atoms with E-state index in [0.717, 1.165) is 22.3 Å². The first-order valence-electron chi connectivity index (χ1n) is 6.78. The van der Waals surface area contributed by atoms with Crippen LogP contribution in [0.25, 0.3) is 11.0 Å². The lowest BCUT2D eigenvalue weighted by atomic mass is 10.1. The molecule has 0 fully saturated rings. The molecule has 0 aliphatic rings. The third-order valence-electron chi connectivity index (χ3n) is 3.24. The molecule has 0 bridgehead atoms. The molecule has 1 aromatic heterocycles. The summed E-state index contributed by atoms with van der Waals surface area (Å²) < 4.78 is 0. The van der Waals surface area contributed by atoms with Gasteiger partial charge in [-0.2, -0.15) is 0 Å². The zero-order chi connectivity index (χ0) is 14.7. The fourth-order valence-corrected chi connectivity index (χ4v) is 2.06. The van der Waals surface area contributed by atoms with Crippen LogP contribution in [0, 0.1) is 6.92 Å². The Kier molecular flexibility index (Phi) is 3.60. The van der Waals surface area contributed by atoms with E-state index < -0.39 is 0 Å². The number of amides is 1. The minimum Gasteiger partial charge on any atom is -0.346 e. The van der Waals surface area contributed by atoms with Crippen LogP contribution in [0.5, 0.6) is 0 Å². The zero-order valence-corrected chi connectivity index (χ0v) is 11.7. The Balaban J connectivity index is 1.71. The van der Waals surface area contributed by atoms with Crippen molar-refractivity contribution in [1.82, 2.24) is 15.3 Å². The number of aromatic nitrogens is 2. The second kappa shape index (κ2) is 5.71. The number of fused-ring (bicyclic) bond motifs is 1. The molecule has 0 spiro atoms. The molecule has 4 nitrogen and oxygen atoms in total. The summed E-state index contributed by atoms with van der Waals surface area (Å²) in [6.07, 6.45) is 1.69. The van der Waals surface area contributed by atoms with Crippen LogP contribution in [-0.2, 0) is 6.54 Å². The SMILES string of the molecule is Cc1ccc(C(=O)NCc2cnc3ccccc3n2)cc1. The zero-order valence-electron chi connectivity index (χ0n) is 11.7. The number of aryl methyl sites for hydroxylation is 1. The maximum Gasteiger partial charge on any atom is 0.251 e. The van der Waals surface area contributed by atoms with Crippen LogP contribution in [0.2, 0.25) is 0 Å². The summed E-state index contributed by atoms with van der Waals surface area (Å²) in [7, 11) is 0. The van der Waals surface area contributed by atoms with Crippen molar-refractivity contribution in [1.29, 1.82) is 0 Å². The van der Waals surface area contributed by atoms with E-state index in [2.05, 4.69) is 15.3 Å². The number of nitrogens with zero attached hydrogens (tertiary/aromatic N) is 2. The van der Waals surface area contributed by atoms with Crippen LogP contribution < -0.4 is 5.32 Å². The standard InChI is InChI=1S/C17H15N3O/c1-12-6-8-13(9-7-12)17(21)19-11-14-10-18-15-4-2-3-5-16(15)20-14/h2-10H,11H2,1H3,(H,19,21). The highest BCUT2D eigenvalue weighted by atomic mass is 16.1. The number of hydrogen-bond donors (Lipinski definition) is 1. The predicted molar refractivity (Wildman–Crippen MR) is 81.9 cm³/mol. The Morgan fingerprint density at radius 2 is 1.76 bits per heavy atom. The summed E-state index contributed by atoms with van der Waals surface area (Å²) >= 11 is 0. The van der Waals surface area contributed by atoms with Crippen molar-refractivity contribution in [2.75, 3.05) is 0 Å². The highest BCUT2D eigenvalue weighted by molar-refractivity contribution is 5.94. The van der Waals surface area contributed by atoms with Crippen LogP contribution in [-0.4, -0.2) is 15.9 Å². The number of carbonyl (C=O) groups is 1. The fraction of sp³-hybridized carbons (Fsp3) is 0.118. The number of carbonyl (C=O) groups excluding carboxylic acids is 1. The molecule has 0 saturated heterocycles. The van der Waals surface area contributed by atoms with Gasteiger partial charge >= 0.3 is 0 Å². The first-order valence-corrected chi connectivity index (χ1v) is 6.78. The average Bonchev–Trinajstić information content (AvgIpc) is 2.53. The van der Waals surface area contributed by atoms with E-state index >= 15 is 0 Å². The molecule has 1 heterocycles. The molecule has 3 rings (SSSR count). The van der Waals surface area contributed by atoms with Crippen LogP contribution in [0.3, 0.4) is 0 Å². The van der Waals surface area contributed by atoms with E-state index in [0.29, 0.717) is 12.1 Å². The van der Waals surface area contributed by atoms with Gasteiger partial charge in [-0.1, -0.05) is 29.8 Å². The predicted octanol–water partition coefficient (Wildman–Crippen LogP) is 2.87. The lowest BCUT2D eigenvalue weighted by Crippen LogP contribution is -2.23. The molecule has 0 unspecified atom stereocenters. The summed E-state index contributed by atoms with van der Waals surface area (Å²) in [5.74, 6) is -0.107. The van der Waals surface area contributed by atoms with E-state index in [1.807, 2.05) is 55.5 Å². The number of hydrogen-bond acceptors (Lipinski definition) is 3. The quantitative estimate of drug-likeness (QED) is 0.801. The smallest absolute Gasteiger partial charge is 0.251 e. The first kappa shape index (κ1) is 13.2. The van der Waals surface area contributed by atoms with Gasteiger partial charge in [-0.3, -0.25) is 9.78 Å². The summed E-state index contributed by atoms with van der Waals surface area (Å²) in [6.45, 7) is 2.36. The van der Waals surface area contributed by atoms with Crippen molar-refractivity contribution in [3.8, 4) is 0 Å². The van der Waals surface area contributed by atoms with Crippen molar-refractivity contribution in [3.05, 3.63) is 71.5 Å². The van der Waals surface area contributed by atoms with Crippen molar-refractivity contribution in [3.63, 3.8) is 0 Å². The van der Waals surface area contributed by atoms with Gasteiger partial charge in [-0.25, -0.2) is 4.98 Å². The minimum absolute atomic E-state index is 0.107. The first-order chi connectivity index (χ1) is 10.2. The molecule has 0 aliphatic carbocycles. The van der Waals surface area contributed by atoms with Crippen LogP contribution >= 0.6 is 0 Å². The summed E-state index contributed by atoms with van der Waals surface area (Å²) in [6, 6.07) is 15.1. The second-order valence-electron chi connectivity index (χ2n) is 4.90. The molecule has 2 aromatic carbocycles. The van der Waals surface area contributed by atoms with Crippen LogP contribution in [0.4, 0.5) is 0 Å². The largest absolute Gasteiger partial charge is 0.346 e. The summed E-state index contributed by atoms with van der Waals surface area (Å²) in [5.41, 5.74) is 4.21.